The Labute approximate surface area is 147 Å². The summed E-state index contributed by atoms with van der Waals surface area (Å²) in [5.41, 5.74) is 4.56. The van der Waals surface area contributed by atoms with E-state index in [2.05, 4.69) is 22.1 Å². The van der Waals surface area contributed by atoms with Gasteiger partial charge in [0.2, 0.25) is 11.8 Å². The van der Waals surface area contributed by atoms with Gasteiger partial charge >= 0.3 is 0 Å². The number of benzene rings is 1. The fraction of sp³-hybridized carbons (Fsp3) is 0.238. The van der Waals surface area contributed by atoms with Crippen molar-refractivity contribution in [2.24, 2.45) is 0 Å². The van der Waals surface area contributed by atoms with Gasteiger partial charge in [-0.2, -0.15) is 0 Å². The standard InChI is InChI=1S/C21H20N2O2/c1-24-20-18(8-4-12-22-20)19-9-5-13-23-21(19)25-17-11-10-15-6-2-3-7-16(15)14-17/h4-5,8-14H,2-3,6-7H2,1H3. The van der Waals surface area contributed by atoms with Crippen molar-refractivity contribution in [1.82, 2.24) is 9.97 Å². The number of fused-ring (bicyclic) bond motifs is 1. The first kappa shape index (κ1) is 15.6. The zero-order valence-electron chi connectivity index (χ0n) is 14.2. The predicted octanol–water partition coefficient (Wildman–Crippen LogP) is 4.82. The largest absolute Gasteiger partial charge is 0.481 e. The minimum absolute atomic E-state index is 0.560. The van der Waals surface area contributed by atoms with Gasteiger partial charge in [0.05, 0.1) is 7.11 Å². The van der Waals surface area contributed by atoms with Crippen LogP contribution in [0.3, 0.4) is 0 Å². The van der Waals surface area contributed by atoms with E-state index in [1.165, 1.54) is 24.0 Å². The molecule has 0 saturated carbocycles. The first-order chi connectivity index (χ1) is 12.3. The van der Waals surface area contributed by atoms with E-state index in [9.17, 15) is 0 Å². The molecule has 3 aromatic rings. The molecule has 1 aromatic carbocycles. The monoisotopic (exact) mass is 332 g/mol. The maximum Gasteiger partial charge on any atom is 0.227 e. The van der Waals surface area contributed by atoms with E-state index in [-0.39, 0.29) is 0 Å². The lowest BCUT2D eigenvalue weighted by Gasteiger charge is -2.17. The lowest BCUT2D eigenvalue weighted by Crippen LogP contribution is -2.02. The molecular formula is C21H20N2O2. The number of aryl methyl sites for hydroxylation is 2. The highest BCUT2D eigenvalue weighted by atomic mass is 16.5. The SMILES string of the molecule is COc1ncccc1-c1cccnc1Oc1ccc2c(c1)CCCC2. The normalized spacial score (nSPS) is 13.2. The summed E-state index contributed by atoms with van der Waals surface area (Å²) in [5.74, 6) is 1.94. The van der Waals surface area contributed by atoms with Gasteiger partial charge in [-0.05, 0) is 73.2 Å². The van der Waals surface area contributed by atoms with Crippen LogP contribution in [0.4, 0.5) is 0 Å². The number of nitrogens with zero attached hydrogens (tertiary/aromatic N) is 2. The first-order valence-corrected chi connectivity index (χ1v) is 8.59. The molecule has 0 bridgehead atoms. The van der Waals surface area contributed by atoms with Crippen LogP contribution in [-0.2, 0) is 12.8 Å². The Kier molecular flexibility index (Phi) is 4.34. The molecule has 2 aromatic heterocycles. The van der Waals surface area contributed by atoms with Crippen molar-refractivity contribution in [2.45, 2.75) is 25.7 Å². The molecule has 0 N–H and O–H groups in total. The van der Waals surface area contributed by atoms with Crippen molar-refractivity contribution in [3.8, 4) is 28.6 Å². The Hall–Kier alpha value is -2.88. The Bertz CT molecular complexity index is 893. The zero-order chi connectivity index (χ0) is 17.1. The number of ether oxygens (including phenoxy) is 2. The molecule has 4 nitrogen and oxygen atoms in total. The summed E-state index contributed by atoms with van der Waals surface area (Å²) in [6.07, 6.45) is 8.26. The van der Waals surface area contributed by atoms with Crippen molar-refractivity contribution in [1.29, 1.82) is 0 Å². The number of aromatic nitrogens is 2. The Morgan fingerprint density at radius 3 is 2.24 bits per heavy atom. The topological polar surface area (TPSA) is 44.2 Å². The summed E-state index contributed by atoms with van der Waals surface area (Å²) in [5, 5.41) is 0. The molecule has 126 valence electrons. The van der Waals surface area contributed by atoms with Gasteiger partial charge in [-0.15, -0.1) is 0 Å². The van der Waals surface area contributed by atoms with Gasteiger partial charge in [0.15, 0.2) is 0 Å². The van der Waals surface area contributed by atoms with Crippen LogP contribution in [0.25, 0.3) is 11.1 Å². The predicted molar refractivity (Wildman–Crippen MR) is 97.2 cm³/mol. The van der Waals surface area contributed by atoms with E-state index in [1.54, 1.807) is 19.5 Å². The molecule has 0 spiro atoms. The summed E-state index contributed by atoms with van der Waals surface area (Å²) in [6.45, 7) is 0. The van der Waals surface area contributed by atoms with Crippen LogP contribution in [-0.4, -0.2) is 17.1 Å². The first-order valence-electron chi connectivity index (χ1n) is 8.59. The molecule has 4 heteroatoms. The van der Waals surface area contributed by atoms with Crippen LogP contribution in [0.1, 0.15) is 24.0 Å². The summed E-state index contributed by atoms with van der Waals surface area (Å²) in [6, 6.07) is 14.1. The maximum atomic E-state index is 6.14. The van der Waals surface area contributed by atoms with Gasteiger partial charge in [-0.1, -0.05) is 6.07 Å². The molecule has 0 aliphatic heterocycles. The third-order valence-electron chi connectivity index (χ3n) is 4.56. The van der Waals surface area contributed by atoms with Crippen LogP contribution in [0.5, 0.6) is 17.5 Å². The van der Waals surface area contributed by atoms with Crippen molar-refractivity contribution in [2.75, 3.05) is 7.11 Å². The maximum absolute atomic E-state index is 6.14. The Morgan fingerprint density at radius 1 is 0.800 bits per heavy atom. The van der Waals surface area contributed by atoms with Gasteiger partial charge < -0.3 is 9.47 Å². The molecule has 0 atom stereocenters. The Morgan fingerprint density at radius 2 is 1.48 bits per heavy atom. The van der Waals surface area contributed by atoms with Gasteiger partial charge in [0.1, 0.15) is 5.75 Å². The minimum Gasteiger partial charge on any atom is -0.481 e. The average molecular weight is 332 g/mol. The van der Waals surface area contributed by atoms with Crippen molar-refractivity contribution >= 4 is 0 Å². The van der Waals surface area contributed by atoms with E-state index in [0.717, 1.165) is 29.7 Å². The molecule has 4 rings (SSSR count). The number of rotatable bonds is 4. The summed E-state index contributed by atoms with van der Waals surface area (Å²) < 4.78 is 11.5. The number of pyridine rings is 2. The van der Waals surface area contributed by atoms with Gasteiger partial charge in [0.25, 0.3) is 0 Å². The smallest absolute Gasteiger partial charge is 0.227 e. The highest BCUT2D eigenvalue weighted by molar-refractivity contribution is 5.73. The van der Waals surface area contributed by atoms with Crippen LogP contribution in [0.2, 0.25) is 0 Å². The zero-order valence-corrected chi connectivity index (χ0v) is 14.2. The van der Waals surface area contributed by atoms with Crippen molar-refractivity contribution in [3.05, 3.63) is 66.0 Å². The third-order valence-corrected chi connectivity index (χ3v) is 4.56. The van der Waals surface area contributed by atoms with E-state index in [1.807, 2.05) is 30.3 Å². The molecule has 0 amide bonds. The second kappa shape index (κ2) is 6.93. The second-order valence-corrected chi connectivity index (χ2v) is 6.16. The molecule has 25 heavy (non-hydrogen) atoms. The number of methoxy groups -OCH3 is 1. The van der Waals surface area contributed by atoms with Crippen LogP contribution >= 0.6 is 0 Å². The molecule has 1 aliphatic carbocycles. The number of hydrogen-bond donors (Lipinski definition) is 0. The van der Waals surface area contributed by atoms with Crippen molar-refractivity contribution < 1.29 is 9.47 Å². The molecule has 0 saturated heterocycles. The van der Waals surface area contributed by atoms with Gasteiger partial charge in [-0.25, -0.2) is 9.97 Å². The lowest BCUT2D eigenvalue weighted by molar-refractivity contribution is 0.399. The summed E-state index contributed by atoms with van der Waals surface area (Å²) in [4.78, 5) is 8.71. The molecule has 1 aliphatic rings. The Balaban J connectivity index is 1.70. The second-order valence-electron chi connectivity index (χ2n) is 6.16. The highest BCUT2D eigenvalue weighted by Crippen LogP contribution is 2.36. The third kappa shape index (κ3) is 3.20. The minimum atomic E-state index is 0.560. The van der Waals surface area contributed by atoms with Crippen LogP contribution in [0, 0.1) is 0 Å². The summed E-state index contributed by atoms with van der Waals surface area (Å²) in [7, 11) is 1.62. The molecule has 0 fully saturated rings. The molecule has 0 unspecified atom stereocenters. The van der Waals surface area contributed by atoms with Gasteiger partial charge in [-0.3, -0.25) is 0 Å². The molecule has 2 heterocycles. The lowest BCUT2D eigenvalue weighted by atomic mass is 9.92. The van der Waals surface area contributed by atoms with E-state index in [4.69, 9.17) is 9.47 Å². The fourth-order valence-electron chi connectivity index (χ4n) is 3.32. The van der Waals surface area contributed by atoms with E-state index in [0.29, 0.717) is 11.8 Å². The van der Waals surface area contributed by atoms with E-state index < -0.39 is 0 Å². The molecular weight excluding hydrogens is 312 g/mol. The van der Waals surface area contributed by atoms with Crippen LogP contribution in [0.15, 0.2) is 54.9 Å². The highest BCUT2D eigenvalue weighted by Gasteiger charge is 2.15. The fourth-order valence-corrected chi connectivity index (χ4v) is 3.32. The summed E-state index contributed by atoms with van der Waals surface area (Å²) >= 11 is 0. The van der Waals surface area contributed by atoms with Crippen molar-refractivity contribution in [3.63, 3.8) is 0 Å². The van der Waals surface area contributed by atoms with Crippen LogP contribution < -0.4 is 9.47 Å². The number of hydrogen-bond acceptors (Lipinski definition) is 4. The van der Waals surface area contributed by atoms with Gasteiger partial charge in [0, 0.05) is 23.5 Å². The quantitative estimate of drug-likeness (QED) is 0.687. The van der Waals surface area contributed by atoms with E-state index >= 15 is 0 Å². The average Bonchev–Trinajstić information content (AvgIpc) is 2.68. The molecule has 0 radical (unpaired) electrons.